The summed E-state index contributed by atoms with van der Waals surface area (Å²) in [5, 5.41) is 14.1. The largest absolute Gasteiger partial charge is 0.573 e. The molecular formula is C31H40F3N3O6. The topological polar surface area (TPSA) is 110 Å². The molecule has 0 radical (unpaired) electrons. The Morgan fingerprint density at radius 2 is 1.77 bits per heavy atom. The number of carboxylic acids is 1. The second-order valence-electron chi connectivity index (χ2n) is 12.2. The predicted octanol–water partition coefficient (Wildman–Crippen LogP) is 5.73. The predicted molar refractivity (Wildman–Crippen MR) is 152 cm³/mol. The molecule has 1 aromatic carbocycles. The van der Waals surface area contributed by atoms with Gasteiger partial charge in [0.15, 0.2) is 0 Å². The molecule has 0 spiro atoms. The third-order valence-electron chi connectivity index (χ3n) is 8.45. The minimum Gasteiger partial charge on any atom is -0.496 e. The minimum atomic E-state index is -4.88. The Morgan fingerprint density at radius 3 is 2.35 bits per heavy atom. The Hall–Kier alpha value is -3.54. The molecular weight excluding hydrogens is 567 g/mol. The van der Waals surface area contributed by atoms with Crippen LogP contribution in [0.3, 0.4) is 0 Å². The molecule has 236 valence electrons. The van der Waals surface area contributed by atoms with Gasteiger partial charge in [-0.25, -0.2) is 9.78 Å². The van der Waals surface area contributed by atoms with E-state index < -0.39 is 47.5 Å². The summed E-state index contributed by atoms with van der Waals surface area (Å²) in [5.41, 5.74) is 0.310. The lowest BCUT2D eigenvalue weighted by Gasteiger charge is -2.36. The van der Waals surface area contributed by atoms with Gasteiger partial charge in [-0.1, -0.05) is 40.0 Å². The molecule has 1 aliphatic carbocycles. The van der Waals surface area contributed by atoms with E-state index in [-0.39, 0.29) is 24.2 Å². The molecule has 4 atom stereocenters. The van der Waals surface area contributed by atoms with Crippen molar-refractivity contribution in [3.05, 3.63) is 47.7 Å². The first kappa shape index (κ1) is 32.4. The van der Waals surface area contributed by atoms with Gasteiger partial charge >= 0.3 is 12.3 Å². The highest BCUT2D eigenvalue weighted by Gasteiger charge is 2.59. The maximum Gasteiger partial charge on any atom is 0.573 e. The van der Waals surface area contributed by atoms with Crippen LogP contribution in [-0.2, 0) is 16.1 Å². The number of rotatable bonds is 9. The van der Waals surface area contributed by atoms with Gasteiger partial charge in [0, 0.05) is 41.7 Å². The normalized spacial score (nSPS) is 23.2. The van der Waals surface area contributed by atoms with Gasteiger partial charge in [0.25, 0.3) is 0 Å². The monoisotopic (exact) mass is 607 g/mol. The second-order valence-corrected chi connectivity index (χ2v) is 12.2. The number of nitrogens with one attached hydrogen (secondary N) is 1. The average molecular weight is 608 g/mol. The van der Waals surface area contributed by atoms with Crippen LogP contribution in [0.4, 0.5) is 13.2 Å². The van der Waals surface area contributed by atoms with E-state index >= 15 is 0 Å². The van der Waals surface area contributed by atoms with Crippen molar-refractivity contribution in [2.24, 2.45) is 17.3 Å². The van der Waals surface area contributed by atoms with Gasteiger partial charge in [-0.15, -0.1) is 13.2 Å². The first-order valence-electron chi connectivity index (χ1n) is 14.5. The van der Waals surface area contributed by atoms with Crippen LogP contribution in [0.2, 0.25) is 0 Å². The van der Waals surface area contributed by atoms with E-state index in [4.69, 9.17) is 9.47 Å². The number of carbonyl (C=O) groups is 2. The number of aliphatic carboxylic acids is 1. The van der Waals surface area contributed by atoms with E-state index in [2.05, 4.69) is 15.0 Å². The molecule has 9 nitrogen and oxygen atoms in total. The number of pyridine rings is 1. The zero-order valence-electron chi connectivity index (χ0n) is 25.1. The molecule has 4 rings (SSSR count). The standard InChI is InChI=1S/C31H40F3N3O6/c1-30(2,3)23-24(36-17-19-16-20(43-31(32,33)34)13-14-22(19)41-4)25(21-12-9-15-35-27(21)42-5)37(26(23)29(39)40)28(38)18-10-7-6-8-11-18/h9,12-16,18,23-26,36H,6-8,10-11,17H2,1-5H3,(H,39,40)/t23-,24-,25-,26-/m0/s1. The first-order valence-corrected chi connectivity index (χ1v) is 14.5. The number of methoxy groups -OCH3 is 2. The highest BCUT2D eigenvalue weighted by molar-refractivity contribution is 5.87. The lowest BCUT2D eigenvalue weighted by Crippen LogP contribution is -2.49. The van der Waals surface area contributed by atoms with Crippen molar-refractivity contribution in [1.82, 2.24) is 15.2 Å². The summed E-state index contributed by atoms with van der Waals surface area (Å²) >= 11 is 0. The molecule has 2 heterocycles. The molecule has 12 heteroatoms. The number of halogens is 3. The number of hydrogen-bond acceptors (Lipinski definition) is 7. The molecule has 1 aromatic heterocycles. The third-order valence-corrected chi connectivity index (χ3v) is 8.45. The average Bonchev–Trinajstić information content (AvgIpc) is 3.31. The molecule has 0 bridgehead atoms. The molecule has 0 unspecified atom stereocenters. The summed E-state index contributed by atoms with van der Waals surface area (Å²) in [6, 6.07) is 4.65. The lowest BCUT2D eigenvalue weighted by atomic mass is 9.72. The summed E-state index contributed by atoms with van der Waals surface area (Å²) in [7, 11) is 2.87. The summed E-state index contributed by atoms with van der Waals surface area (Å²) in [4.78, 5) is 33.2. The van der Waals surface area contributed by atoms with Crippen LogP contribution in [0.5, 0.6) is 17.4 Å². The maximum atomic E-state index is 14.3. The maximum absolute atomic E-state index is 14.3. The summed E-state index contributed by atoms with van der Waals surface area (Å²) in [6.07, 6.45) is 0.852. The number of aromatic nitrogens is 1. The van der Waals surface area contributed by atoms with E-state index in [1.54, 1.807) is 18.3 Å². The van der Waals surface area contributed by atoms with Crippen LogP contribution in [-0.4, -0.2) is 59.5 Å². The van der Waals surface area contributed by atoms with Crippen molar-refractivity contribution in [2.45, 2.75) is 83.9 Å². The van der Waals surface area contributed by atoms with Gasteiger partial charge in [-0.05, 0) is 48.6 Å². The van der Waals surface area contributed by atoms with Crippen molar-refractivity contribution in [1.29, 1.82) is 0 Å². The number of amides is 1. The van der Waals surface area contributed by atoms with Crippen molar-refractivity contribution in [2.75, 3.05) is 14.2 Å². The summed E-state index contributed by atoms with van der Waals surface area (Å²) in [6.45, 7) is 5.78. The molecule has 2 N–H and O–H groups in total. The highest BCUT2D eigenvalue weighted by atomic mass is 19.4. The molecule has 1 amide bonds. The Labute approximate surface area is 249 Å². The Kier molecular flexibility index (Phi) is 9.78. The number of ether oxygens (including phenoxy) is 3. The minimum absolute atomic E-state index is 0.00630. The zero-order valence-corrected chi connectivity index (χ0v) is 25.1. The number of nitrogens with zero attached hydrogens (tertiary/aromatic N) is 2. The van der Waals surface area contributed by atoms with Crippen LogP contribution in [0.15, 0.2) is 36.5 Å². The third kappa shape index (κ3) is 7.17. The first-order chi connectivity index (χ1) is 20.3. The Morgan fingerprint density at radius 1 is 1.07 bits per heavy atom. The quantitative estimate of drug-likeness (QED) is 0.372. The van der Waals surface area contributed by atoms with E-state index in [1.807, 2.05) is 20.8 Å². The highest BCUT2D eigenvalue weighted by Crippen LogP contribution is 2.50. The van der Waals surface area contributed by atoms with Crippen molar-refractivity contribution < 1.29 is 42.1 Å². The SMILES string of the molecule is COc1ccc(OC(F)(F)F)cc1CN[C@H]1[C@H](C(C)(C)C)[C@@H](C(=O)O)N(C(=O)C2CCCCC2)[C@H]1c1cccnc1OC. The molecule has 2 aromatic rings. The molecule has 2 fully saturated rings. The molecule has 1 saturated carbocycles. The Bertz CT molecular complexity index is 1290. The smallest absolute Gasteiger partial charge is 0.496 e. The van der Waals surface area contributed by atoms with Crippen molar-refractivity contribution in [3.63, 3.8) is 0 Å². The van der Waals surface area contributed by atoms with Gasteiger partial charge in [0.05, 0.1) is 20.3 Å². The molecule has 1 saturated heterocycles. The van der Waals surface area contributed by atoms with Crippen LogP contribution in [0.1, 0.15) is 70.0 Å². The zero-order chi connectivity index (χ0) is 31.5. The van der Waals surface area contributed by atoms with E-state index in [1.165, 1.54) is 31.3 Å². The molecule has 2 aliphatic rings. The molecule has 1 aliphatic heterocycles. The number of carboxylic acid groups (broad SMARTS) is 1. The fourth-order valence-electron chi connectivity index (χ4n) is 6.73. The fourth-order valence-corrected chi connectivity index (χ4v) is 6.73. The van der Waals surface area contributed by atoms with Crippen molar-refractivity contribution >= 4 is 11.9 Å². The number of carbonyl (C=O) groups excluding carboxylic acids is 1. The van der Waals surface area contributed by atoms with Gasteiger partial charge in [0.2, 0.25) is 11.8 Å². The van der Waals surface area contributed by atoms with Crippen LogP contribution in [0.25, 0.3) is 0 Å². The number of alkyl halides is 3. The fraction of sp³-hybridized carbons (Fsp3) is 0.581. The number of likely N-dealkylation sites (tertiary alicyclic amines) is 1. The van der Waals surface area contributed by atoms with Crippen LogP contribution in [0, 0.1) is 17.3 Å². The summed E-state index contributed by atoms with van der Waals surface area (Å²) < 4.78 is 54.1. The van der Waals surface area contributed by atoms with Gasteiger partial charge in [0.1, 0.15) is 17.5 Å². The van der Waals surface area contributed by atoms with Gasteiger partial charge < -0.3 is 29.5 Å². The summed E-state index contributed by atoms with van der Waals surface area (Å²) in [5.74, 6) is -2.08. The van der Waals surface area contributed by atoms with Crippen LogP contribution < -0.4 is 19.5 Å². The van der Waals surface area contributed by atoms with Crippen molar-refractivity contribution in [3.8, 4) is 17.4 Å². The Balaban J connectivity index is 1.84. The van der Waals surface area contributed by atoms with E-state index in [0.29, 0.717) is 29.7 Å². The van der Waals surface area contributed by atoms with Gasteiger partial charge in [-0.2, -0.15) is 0 Å². The number of hydrogen-bond donors (Lipinski definition) is 2. The van der Waals surface area contributed by atoms with Crippen LogP contribution >= 0.6 is 0 Å². The number of benzene rings is 1. The van der Waals surface area contributed by atoms with E-state index in [9.17, 15) is 27.9 Å². The van der Waals surface area contributed by atoms with Gasteiger partial charge in [-0.3, -0.25) is 4.79 Å². The molecule has 43 heavy (non-hydrogen) atoms. The van der Waals surface area contributed by atoms with E-state index in [0.717, 1.165) is 25.3 Å². The second kappa shape index (κ2) is 13.0. The lowest BCUT2D eigenvalue weighted by molar-refractivity contribution is -0.274.